The Morgan fingerprint density at radius 3 is 2.71 bits per heavy atom. The van der Waals surface area contributed by atoms with Crippen LogP contribution < -0.4 is 15.0 Å². The zero-order chi connectivity index (χ0) is 20.1. The molecule has 1 N–H and O–H groups in total. The highest BCUT2D eigenvalue weighted by Crippen LogP contribution is 2.25. The molecule has 2 aromatic carbocycles. The first kappa shape index (κ1) is 19.1. The molecule has 8 heteroatoms. The second-order valence-corrected chi connectivity index (χ2v) is 6.30. The van der Waals surface area contributed by atoms with Crippen molar-refractivity contribution in [2.75, 3.05) is 18.6 Å². The molecular weight excluding hydrogens is 362 g/mol. The van der Waals surface area contributed by atoms with Gasteiger partial charge in [0.25, 0.3) is 5.69 Å². The van der Waals surface area contributed by atoms with Gasteiger partial charge in [0.15, 0.2) is 0 Å². The summed E-state index contributed by atoms with van der Waals surface area (Å²) in [5, 5.41) is 13.5. The second-order valence-electron chi connectivity index (χ2n) is 6.30. The van der Waals surface area contributed by atoms with Crippen molar-refractivity contribution in [1.82, 2.24) is 5.32 Å². The van der Waals surface area contributed by atoms with Gasteiger partial charge in [-0.05, 0) is 35.9 Å². The highest BCUT2D eigenvalue weighted by atomic mass is 16.6. The van der Waals surface area contributed by atoms with Crippen LogP contribution in [0.25, 0.3) is 6.08 Å². The van der Waals surface area contributed by atoms with Crippen molar-refractivity contribution < 1.29 is 19.2 Å². The molecule has 2 amide bonds. The van der Waals surface area contributed by atoms with Gasteiger partial charge in [-0.2, -0.15) is 0 Å². The number of ether oxygens (including phenoxy) is 1. The molecule has 1 saturated heterocycles. The van der Waals surface area contributed by atoms with Crippen molar-refractivity contribution in [2.45, 2.75) is 12.5 Å². The molecule has 1 unspecified atom stereocenters. The molecule has 8 nitrogen and oxygen atoms in total. The number of benzene rings is 2. The van der Waals surface area contributed by atoms with Gasteiger partial charge in [0, 0.05) is 42.9 Å². The number of nitro groups is 1. The van der Waals surface area contributed by atoms with Gasteiger partial charge in [0.1, 0.15) is 5.75 Å². The smallest absolute Gasteiger partial charge is 0.269 e. The molecule has 0 spiro atoms. The third-order valence-corrected chi connectivity index (χ3v) is 4.37. The van der Waals surface area contributed by atoms with E-state index in [-0.39, 0.29) is 30.0 Å². The van der Waals surface area contributed by atoms with Crippen molar-refractivity contribution in [3.8, 4) is 5.75 Å². The predicted molar refractivity (Wildman–Crippen MR) is 104 cm³/mol. The van der Waals surface area contributed by atoms with Crippen LogP contribution in [-0.4, -0.2) is 36.4 Å². The Morgan fingerprint density at radius 1 is 1.29 bits per heavy atom. The van der Waals surface area contributed by atoms with E-state index < -0.39 is 4.92 Å². The fraction of sp³-hybridized carbons (Fsp3) is 0.200. The number of hydrogen-bond donors (Lipinski definition) is 1. The van der Waals surface area contributed by atoms with Crippen molar-refractivity contribution in [3.63, 3.8) is 0 Å². The average Bonchev–Trinajstić information content (AvgIpc) is 3.06. The third-order valence-electron chi connectivity index (χ3n) is 4.37. The maximum absolute atomic E-state index is 12.3. The van der Waals surface area contributed by atoms with E-state index in [1.165, 1.54) is 18.2 Å². The number of nitrogens with one attached hydrogen (secondary N) is 1. The Morgan fingerprint density at radius 2 is 2.04 bits per heavy atom. The van der Waals surface area contributed by atoms with Gasteiger partial charge >= 0.3 is 0 Å². The summed E-state index contributed by atoms with van der Waals surface area (Å²) in [5.41, 5.74) is 1.38. The predicted octanol–water partition coefficient (Wildman–Crippen LogP) is 2.54. The number of hydrogen-bond acceptors (Lipinski definition) is 5. The lowest BCUT2D eigenvalue weighted by atomic mass is 10.2. The summed E-state index contributed by atoms with van der Waals surface area (Å²) >= 11 is 0. The van der Waals surface area contributed by atoms with E-state index >= 15 is 0 Å². The normalized spacial score (nSPS) is 16.4. The third kappa shape index (κ3) is 4.53. The van der Waals surface area contributed by atoms with Crippen LogP contribution >= 0.6 is 0 Å². The van der Waals surface area contributed by atoms with Crippen LogP contribution in [0.4, 0.5) is 11.4 Å². The molecule has 1 aliphatic rings. The zero-order valence-corrected chi connectivity index (χ0v) is 15.2. The minimum Gasteiger partial charge on any atom is -0.497 e. The summed E-state index contributed by atoms with van der Waals surface area (Å²) in [6.45, 7) is 0.378. The number of carbonyl (C=O) groups is 2. The lowest BCUT2D eigenvalue weighted by Gasteiger charge is -2.17. The topological polar surface area (TPSA) is 102 Å². The number of anilines is 1. The summed E-state index contributed by atoms with van der Waals surface area (Å²) in [6, 6.07) is 12.8. The number of nitrogens with zero attached hydrogens (tertiary/aromatic N) is 2. The van der Waals surface area contributed by atoms with Crippen LogP contribution in [0.2, 0.25) is 0 Å². The second kappa shape index (κ2) is 8.34. The summed E-state index contributed by atoms with van der Waals surface area (Å²) < 4.78 is 5.18. The number of non-ortho nitro benzene ring substituents is 1. The minimum atomic E-state index is -0.481. The molecule has 1 fully saturated rings. The molecule has 144 valence electrons. The van der Waals surface area contributed by atoms with Crippen molar-refractivity contribution in [2.24, 2.45) is 0 Å². The highest BCUT2D eigenvalue weighted by Gasteiger charge is 2.31. The van der Waals surface area contributed by atoms with Gasteiger partial charge in [0.2, 0.25) is 11.8 Å². The molecule has 28 heavy (non-hydrogen) atoms. The van der Waals surface area contributed by atoms with E-state index in [0.717, 1.165) is 5.69 Å². The minimum absolute atomic E-state index is 0.0105. The Kier molecular flexibility index (Phi) is 5.69. The quantitative estimate of drug-likeness (QED) is 0.471. The largest absolute Gasteiger partial charge is 0.497 e. The van der Waals surface area contributed by atoms with E-state index in [1.807, 2.05) is 6.07 Å². The van der Waals surface area contributed by atoms with Crippen LogP contribution in [0.15, 0.2) is 54.6 Å². The SMILES string of the molecule is COc1cccc(N2CC(NC(=O)/C=C\c3ccc([N+](=O)[O-])cc3)CC2=O)c1. The van der Waals surface area contributed by atoms with Crippen molar-refractivity contribution in [3.05, 3.63) is 70.3 Å². The summed E-state index contributed by atoms with van der Waals surface area (Å²) in [7, 11) is 1.56. The van der Waals surface area contributed by atoms with Gasteiger partial charge in [-0.15, -0.1) is 0 Å². The number of amides is 2. The standard InChI is InChI=1S/C20H19N3O5/c1-28-18-4-2-3-17(12-18)22-13-15(11-20(22)25)21-19(24)10-7-14-5-8-16(9-6-14)23(26)27/h2-10,12,15H,11,13H2,1H3,(H,21,24)/b10-7-. The van der Waals surface area contributed by atoms with Gasteiger partial charge in [-0.25, -0.2) is 0 Å². The number of nitro benzene ring substituents is 1. The molecule has 0 aromatic heterocycles. The highest BCUT2D eigenvalue weighted by molar-refractivity contribution is 5.98. The molecule has 2 aromatic rings. The molecular formula is C20H19N3O5. The van der Waals surface area contributed by atoms with Crippen molar-refractivity contribution >= 4 is 29.3 Å². The Bertz CT molecular complexity index is 924. The Balaban J connectivity index is 1.58. The molecule has 1 heterocycles. The fourth-order valence-corrected chi connectivity index (χ4v) is 2.96. The van der Waals surface area contributed by atoms with E-state index in [9.17, 15) is 19.7 Å². The Labute approximate surface area is 161 Å². The summed E-state index contributed by atoms with van der Waals surface area (Å²) in [4.78, 5) is 36.2. The maximum atomic E-state index is 12.3. The molecule has 1 atom stereocenters. The monoisotopic (exact) mass is 381 g/mol. The van der Waals surface area contributed by atoms with Gasteiger partial charge in [-0.1, -0.05) is 6.07 Å². The first-order valence-corrected chi connectivity index (χ1v) is 8.63. The molecule has 0 saturated carbocycles. The van der Waals surface area contributed by atoms with E-state index in [0.29, 0.717) is 17.9 Å². The summed E-state index contributed by atoms with van der Waals surface area (Å²) in [5.74, 6) is 0.255. The van der Waals surface area contributed by atoms with Crippen LogP contribution in [0.3, 0.4) is 0 Å². The van der Waals surface area contributed by atoms with Gasteiger partial charge in [0.05, 0.1) is 18.1 Å². The maximum Gasteiger partial charge on any atom is 0.269 e. The lowest BCUT2D eigenvalue weighted by Crippen LogP contribution is -2.36. The van der Waals surface area contributed by atoms with Crippen LogP contribution in [0, 0.1) is 10.1 Å². The first-order chi connectivity index (χ1) is 13.5. The number of carbonyl (C=O) groups excluding carboxylic acids is 2. The van der Waals surface area contributed by atoms with Crippen molar-refractivity contribution in [1.29, 1.82) is 0 Å². The van der Waals surface area contributed by atoms with E-state index in [2.05, 4.69) is 5.32 Å². The molecule has 0 radical (unpaired) electrons. The van der Waals surface area contributed by atoms with E-state index in [4.69, 9.17) is 4.74 Å². The van der Waals surface area contributed by atoms with Gasteiger partial charge in [-0.3, -0.25) is 19.7 Å². The summed E-state index contributed by atoms with van der Waals surface area (Å²) in [6.07, 6.45) is 3.13. The number of methoxy groups -OCH3 is 1. The molecule has 0 aliphatic carbocycles. The van der Waals surface area contributed by atoms with Crippen LogP contribution in [0.5, 0.6) is 5.75 Å². The molecule has 3 rings (SSSR count). The fourth-order valence-electron chi connectivity index (χ4n) is 2.96. The first-order valence-electron chi connectivity index (χ1n) is 8.63. The molecule has 0 bridgehead atoms. The average molecular weight is 381 g/mol. The number of rotatable bonds is 6. The lowest BCUT2D eigenvalue weighted by molar-refractivity contribution is -0.384. The van der Waals surface area contributed by atoms with E-state index in [1.54, 1.807) is 48.4 Å². The zero-order valence-electron chi connectivity index (χ0n) is 15.2. The van der Waals surface area contributed by atoms with Gasteiger partial charge < -0.3 is 15.0 Å². The Hall–Kier alpha value is -3.68. The van der Waals surface area contributed by atoms with Crippen LogP contribution in [0.1, 0.15) is 12.0 Å². The van der Waals surface area contributed by atoms with Crippen LogP contribution in [-0.2, 0) is 9.59 Å². The molecule has 1 aliphatic heterocycles.